The molecule has 2 N–H and O–H groups in total. The van der Waals surface area contributed by atoms with Gasteiger partial charge in [-0.3, -0.25) is 0 Å². The third kappa shape index (κ3) is 3.91. The highest BCUT2D eigenvalue weighted by molar-refractivity contribution is 6.30. The molecule has 3 heteroatoms. The lowest BCUT2D eigenvalue weighted by molar-refractivity contribution is 0.837. The molecule has 0 aliphatic heterocycles. The number of halogens is 1. The predicted molar refractivity (Wildman–Crippen MR) is 41.2 cm³/mol. The maximum Gasteiger partial charge on any atom is 0.0996 e. The van der Waals surface area contributed by atoms with Gasteiger partial charge >= 0.3 is 0 Å². The van der Waals surface area contributed by atoms with E-state index in [2.05, 4.69) is 17.2 Å². The Kier molecular flexibility index (Phi) is 3.97. The van der Waals surface area contributed by atoms with Crippen LogP contribution < -0.4 is 10.6 Å². The van der Waals surface area contributed by atoms with E-state index in [0.717, 1.165) is 5.82 Å². The van der Waals surface area contributed by atoms with Crippen molar-refractivity contribution < 1.29 is 0 Å². The van der Waals surface area contributed by atoms with Crippen LogP contribution in [0.15, 0.2) is 23.5 Å². The van der Waals surface area contributed by atoms with Crippen LogP contribution >= 0.6 is 11.6 Å². The van der Waals surface area contributed by atoms with Crippen molar-refractivity contribution in [1.82, 2.24) is 10.6 Å². The third-order valence-electron chi connectivity index (χ3n) is 0.840. The van der Waals surface area contributed by atoms with Gasteiger partial charge in [0.15, 0.2) is 0 Å². The number of rotatable bonds is 3. The first-order valence-electron chi connectivity index (χ1n) is 2.62. The quantitative estimate of drug-likeness (QED) is 0.581. The van der Waals surface area contributed by atoms with Gasteiger partial charge in [0, 0.05) is 19.1 Å². The summed E-state index contributed by atoms with van der Waals surface area (Å²) < 4.78 is 0. The zero-order chi connectivity index (χ0) is 7.28. The topological polar surface area (TPSA) is 24.1 Å². The highest BCUT2D eigenvalue weighted by Crippen LogP contribution is 1.98. The molecule has 0 aromatic carbocycles. The Hall–Kier alpha value is -0.630. The Bertz CT molecular complexity index is 123. The molecule has 52 valence electrons. The molecular weight excluding hydrogens is 136 g/mol. The van der Waals surface area contributed by atoms with Gasteiger partial charge in [-0.15, -0.1) is 0 Å². The highest BCUT2D eigenvalue weighted by atomic mass is 35.5. The molecule has 0 spiro atoms. The molecule has 0 atom stereocenters. The lowest BCUT2D eigenvalue weighted by atomic mass is 10.5. The van der Waals surface area contributed by atoms with Crippen LogP contribution in [0.1, 0.15) is 0 Å². The van der Waals surface area contributed by atoms with Crippen molar-refractivity contribution in [2.75, 3.05) is 14.1 Å². The van der Waals surface area contributed by atoms with E-state index in [1.807, 2.05) is 14.1 Å². The maximum absolute atomic E-state index is 5.48. The van der Waals surface area contributed by atoms with E-state index >= 15 is 0 Å². The molecule has 0 aromatic rings. The SMILES string of the molecule is C=C(Cl)C=C(NC)NC. The van der Waals surface area contributed by atoms with Gasteiger partial charge in [-0.25, -0.2) is 0 Å². The van der Waals surface area contributed by atoms with Crippen LogP contribution in [-0.2, 0) is 0 Å². The van der Waals surface area contributed by atoms with E-state index in [-0.39, 0.29) is 0 Å². The van der Waals surface area contributed by atoms with Crippen LogP contribution in [-0.4, -0.2) is 14.1 Å². The lowest BCUT2D eigenvalue weighted by Crippen LogP contribution is -2.18. The molecule has 0 rings (SSSR count). The fraction of sp³-hybridized carbons (Fsp3) is 0.333. The largest absolute Gasteiger partial charge is 0.375 e. The normalized spacial score (nSPS) is 7.89. The van der Waals surface area contributed by atoms with Crippen LogP contribution in [0.2, 0.25) is 0 Å². The molecule has 0 saturated carbocycles. The lowest BCUT2D eigenvalue weighted by Gasteiger charge is -2.03. The number of hydrogen-bond acceptors (Lipinski definition) is 2. The molecule has 0 aliphatic rings. The van der Waals surface area contributed by atoms with Crippen LogP contribution in [0.25, 0.3) is 0 Å². The van der Waals surface area contributed by atoms with Crippen molar-refractivity contribution >= 4 is 11.6 Å². The summed E-state index contributed by atoms with van der Waals surface area (Å²) in [5.41, 5.74) is 0. The van der Waals surface area contributed by atoms with E-state index in [4.69, 9.17) is 11.6 Å². The highest BCUT2D eigenvalue weighted by Gasteiger charge is 1.85. The zero-order valence-corrected chi connectivity index (χ0v) is 6.42. The Morgan fingerprint density at radius 3 is 2.00 bits per heavy atom. The summed E-state index contributed by atoms with van der Waals surface area (Å²) in [5, 5.41) is 6.28. The summed E-state index contributed by atoms with van der Waals surface area (Å²) in [6.45, 7) is 3.50. The van der Waals surface area contributed by atoms with Crippen molar-refractivity contribution in [2.45, 2.75) is 0 Å². The third-order valence-corrected chi connectivity index (χ3v) is 0.949. The summed E-state index contributed by atoms with van der Waals surface area (Å²) in [5.74, 6) is 0.856. The number of nitrogens with one attached hydrogen (secondary N) is 2. The Morgan fingerprint density at radius 2 is 1.89 bits per heavy atom. The maximum atomic E-state index is 5.48. The van der Waals surface area contributed by atoms with Crippen LogP contribution in [0, 0.1) is 0 Å². The molecule has 0 bridgehead atoms. The van der Waals surface area contributed by atoms with Crippen LogP contribution in [0.4, 0.5) is 0 Å². The fourth-order valence-corrected chi connectivity index (χ4v) is 0.535. The Labute approximate surface area is 60.6 Å². The summed E-state index contributed by atoms with van der Waals surface area (Å²) in [4.78, 5) is 0. The first-order valence-corrected chi connectivity index (χ1v) is 3.00. The van der Waals surface area contributed by atoms with Crippen molar-refractivity contribution in [3.8, 4) is 0 Å². The molecule has 0 unspecified atom stereocenters. The minimum absolute atomic E-state index is 0.508. The molecule has 0 aromatic heterocycles. The van der Waals surface area contributed by atoms with E-state index in [0.29, 0.717) is 5.03 Å². The van der Waals surface area contributed by atoms with Crippen molar-refractivity contribution in [1.29, 1.82) is 0 Å². The van der Waals surface area contributed by atoms with Gasteiger partial charge in [-0.05, 0) is 6.08 Å². The van der Waals surface area contributed by atoms with E-state index in [1.165, 1.54) is 0 Å². The molecule has 0 amide bonds. The summed E-state index contributed by atoms with van der Waals surface area (Å²) in [6.07, 6.45) is 1.71. The van der Waals surface area contributed by atoms with Gasteiger partial charge in [0.2, 0.25) is 0 Å². The van der Waals surface area contributed by atoms with E-state index in [9.17, 15) is 0 Å². The molecular formula is C6H11ClN2. The minimum atomic E-state index is 0.508. The van der Waals surface area contributed by atoms with Crippen molar-refractivity contribution in [3.05, 3.63) is 23.5 Å². The molecule has 2 nitrogen and oxygen atoms in total. The molecule has 0 radical (unpaired) electrons. The van der Waals surface area contributed by atoms with Crippen LogP contribution in [0.3, 0.4) is 0 Å². The van der Waals surface area contributed by atoms with Gasteiger partial charge < -0.3 is 10.6 Å². The van der Waals surface area contributed by atoms with Gasteiger partial charge in [-0.1, -0.05) is 18.2 Å². The average Bonchev–Trinajstić information content (AvgIpc) is 1.82. The smallest absolute Gasteiger partial charge is 0.0996 e. The summed E-state index contributed by atoms with van der Waals surface area (Å²) >= 11 is 5.48. The van der Waals surface area contributed by atoms with Gasteiger partial charge in [0.05, 0.1) is 5.82 Å². The zero-order valence-electron chi connectivity index (χ0n) is 5.66. The second kappa shape index (κ2) is 4.27. The first kappa shape index (κ1) is 8.37. The average molecular weight is 147 g/mol. The fourth-order valence-electron chi connectivity index (χ4n) is 0.426. The number of hydrogen-bond donors (Lipinski definition) is 2. The molecule has 0 heterocycles. The monoisotopic (exact) mass is 146 g/mol. The first-order chi connectivity index (χ1) is 4.20. The van der Waals surface area contributed by atoms with Crippen molar-refractivity contribution in [3.63, 3.8) is 0 Å². The molecule has 0 saturated heterocycles. The standard InChI is InChI=1S/C6H11ClN2/c1-5(7)4-6(8-2)9-3/h4,8-9H,1H2,2-3H3. The van der Waals surface area contributed by atoms with Gasteiger partial charge in [-0.2, -0.15) is 0 Å². The Morgan fingerprint density at radius 1 is 1.44 bits per heavy atom. The molecule has 0 aliphatic carbocycles. The van der Waals surface area contributed by atoms with Gasteiger partial charge in [0.1, 0.15) is 0 Å². The predicted octanol–water partition coefficient (Wildman–Crippen LogP) is 1.02. The number of allylic oxidation sites excluding steroid dienone is 2. The molecule has 9 heavy (non-hydrogen) atoms. The summed E-state index contributed by atoms with van der Waals surface area (Å²) in [7, 11) is 3.62. The van der Waals surface area contributed by atoms with E-state index in [1.54, 1.807) is 6.08 Å². The van der Waals surface area contributed by atoms with Gasteiger partial charge in [0.25, 0.3) is 0 Å². The minimum Gasteiger partial charge on any atom is -0.375 e. The van der Waals surface area contributed by atoms with Crippen LogP contribution in [0.5, 0.6) is 0 Å². The van der Waals surface area contributed by atoms with Crippen molar-refractivity contribution in [2.24, 2.45) is 0 Å². The summed E-state index contributed by atoms with van der Waals surface area (Å²) in [6, 6.07) is 0. The second-order valence-corrected chi connectivity index (χ2v) is 1.99. The Balaban J connectivity index is 3.91. The molecule has 0 fully saturated rings. The van der Waals surface area contributed by atoms with E-state index < -0.39 is 0 Å². The second-order valence-electron chi connectivity index (χ2n) is 1.50.